The molecule has 5 nitrogen and oxygen atoms in total. The first-order valence-electron chi connectivity index (χ1n) is 8.99. The van der Waals surface area contributed by atoms with E-state index >= 15 is 0 Å². The Morgan fingerprint density at radius 1 is 1.19 bits per heavy atom. The summed E-state index contributed by atoms with van der Waals surface area (Å²) in [4.78, 5) is 14.2. The van der Waals surface area contributed by atoms with Crippen LogP contribution in [0.1, 0.15) is 30.6 Å². The first kappa shape index (κ1) is 19.0. The third-order valence-electron chi connectivity index (χ3n) is 4.94. The Morgan fingerprint density at radius 2 is 1.93 bits per heavy atom. The molecule has 0 aliphatic carbocycles. The number of benzene rings is 2. The van der Waals surface area contributed by atoms with Crippen LogP contribution in [0.25, 0.3) is 0 Å². The molecule has 6 heteroatoms. The topological polar surface area (TPSA) is 48.0 Å². The highest BCUT2D eigenvalue weighted by Crippen LogP contribution is 2.32. The van der Waals surface area contributed by atoms with Gasteiger partial charge in [-0.3, -0.25) is 0 Å². The van der Waals surface area contributed by atoms with Gasteiger partial charge in [0.25, 0.3) is 0 Å². The molecule has 2 atom stereocenters. The van der Waals surface area contributed by atoms with Gasteiger partial charge in [0.05, 0.1) is 20.8 Å². The van der Waals surface area contributed by atoms with Gasteiger partial charge in [0.15, 0.2) is 0 Å². The second-order valence-electron chi connectivity index (χ2n) is 6.52. The SMILES string of the molecule is CC[C@H](Cc1ccc(OC)cc1OC)N1C[C@@H](c2ccc(F)cc2)OC1=O. The number of rotatable bonds is 7. The van der Waals surface area contributed by atoms with E-state index in [-0.39, 0.29) is 24.1 Å². The molecule has 3 rings (SSSR count). The number of hydrogen-bond acceptors (Lipinski definition) is 4. The first-order valence-corrected chi connectivity index (χ1v) is 8.99. The summed E-state index contributed by atoms with van der Waals surface area (Å²) in [5, 5.41) is 0. The number of halogens is 1. The molecule has 0 radical (unpaired) electrons. The number of cyclic esters (lactones) is 1. The molecule has 1 fully saturated rings. The molecule has 0 unspecified atom stereocenters. The molecule has 1 aliphatic heterocycles. The Bertz CT molecular complexity index is 793. The lowest BCUT2D eigenvalue weighted by atomic mass is 10.0. The van der Waals surface area contributed by atoms with Gasteiger partial charge in [-0.15, -0.1) is 0 Å². The highest BCUT2D eigenvalue weighted by atomic mass is 19.1. The van der Waals surface area contributed by atoms with E-state index in [1.54, 1.807) is 31.3 Å². The molecule has 2 aromatic rings. The van der Waals surface area contributed by atoms with Crippen molar-refractivity contribution in [2.75, 3.05) is 20.8 Å². The molecule has 1 aliphatic rings. The molecule has 0 aromatic heterocycles. The number of methoxy groups -OCH3 is 2. The average molecular weight is 373 g/mol. The third kappa shape index (κ3) is 4.15. The van der Waals surface area contributed by atoms with Crippen LogP contribution in [0, 0.1) is 5.82 Å². The Balaban J connectivity index is 1.75. The Hall–Kier alpha value is -2.76. The van der Waals surface area contributed by atoms with E-state index in [4.69, 9.17) is 14.2 Å². The van der Waals surface area contributed by atoms with E-state index < -0.39 is 0 Å². The zero-order valence-electron chi connectivity index (χ0n) is 15.8. The van der Waals surface area contributed by atoms with Crippen molar-refractivity contribution >= 4 is 6.09 Å². The number of nitrogens with zero attached hydrogens (tertiary/aromatic N) is 1. The van der Waals surface area contributed by atoms with E-state index in [1.807, 2.05) is 25.1 Å². The zero-order chi connectivity index (χ0) is 19.4. The summed E-state index contributed by atoms with van der Waals surface area (Å²) in [6.07, 6.45) is 0.698. The maximum Gasteiger partial charge on any atom is 0.410 e. The van der Waals surface area contributed by atoms with Crippen molar-refractivity contribution in [1.29, 1.82) is 0 Å². The zero-order valence-corrected chi connectivity index (χ0v) is 15.8. The van der Waals surface area contributed by atoms with Gasteiger partial charge in [-0.1, -0.05) is 25.1 Å². The fourth-order valence-corrected chi connectivity index (χ4v) is 3.38. The lowest BCUT2D eigenvalue weighted by Gasteiger charge is -2.25. The molecule has 27 heavy (non-hydrogen) atoms. The van der Waals surface area contributed by atoms with Crippen LogP contribution in [-0.4, -0.2) is 37.8 Å². The van der Waals surface area contributed by atoms with Gasteiger partial charge < -0.3 is 19.1 Å². The monoisotopic (exact) mass is 373 g/mol. The van der Waals surface area contributed by atoms with Crippen LogP contribution in [0.2, 0.25) is 0 Å². The second-order valence-corrected chi connectivity index (χ2v) is 6.52. The second kappa shape index (κ2) is 8.29. The summed E-state index contributed by atoms with van der Waals surface area (Å²) in [6, 6.07) is 11.7. The van der Waals surface area contributed by atoms with Crippen LogP contribution >= 0.6 is 0 Å². The maximum absolute atomic E-state index is 13.1. The van der Waals surface area contributed by atoms with Crippen LogP contribution in [0.15, 0.2) is 42.5 Å². The predicted octanol–water partition coefficient (Wildman–Crippen LogP) is 4.36. The molecule has 1 amide bonds. The van der Waals surface area contributed by atoms with Gasteiger partial charge in [-0.25, -0.2) is 9.18 Å². The van der Waals surface area contributed by atoms with Crippen LogP contribution in [0.3, 0.4) is 0 Å². The Morgan fingerprint density at radius 3 is 2.56 bits per heavy atom. The number of carbonyl (C=O) groups is 1. The number of ether oxygens (including phenoxy) is 3. The first-order chi connectivity index (χ1) is 13.0. The molecule has 1 heterocycles. The highest BCUT2D eigenvalue weighted by molar-refractivity contribution is 5.70. The summed E-state index contributed by atoms with van der Waals surface area (Å²) in [5.41, 5.74) is 1.80. The number of hydrogen-bond donors (Lipinski definition) is 0. The van der Waals surface area contributed by atoms with Crippen LogP contribution in [0.4, 0.5) is 9.18 Å². The summed E-state index contributed by atoms with van der Waals surface area (Å²) in [6.45, 7) is 2.49. The molecule has 144 valence electrons. The summed E-state index contributed by atoms with van der Waals surface area (Å²) >= 11 is 0. The molecule has 2 aromatic carbocycles. The fraction of sp³-hybridized carbons (Fsp3) is 0.381. The van der Waals surface area contributed by atoms with Crippen LogP contribution in [-0.2, 0) is 11.2 Å². The lowest BCUT2D eigenvalue weighted by molar-refractivity contribution is 0.127. The minimum atomic E-state index is -0.384. The van der Waals surface area contributed by atoms with Gasteiger partial charge in [0.2, 0.25) is 0 Å². The molecular weight excluding hydrogens is 349 g/mol. The van der Waals surface area contributed by atoms with Crippen molar-refractivity contribution in [1.82, 2.24) is 4.90 Å². The van der Waals surface area contributed by atoms with Crippen molar-refractivity contribution in [2.24, 2.45) is 0 Å². The van der Waals surface area contributed by atoms with Gasteiger partial charge in [0.1, 0.15) is 23.4 Å². The minimum Gasteiger partial charge on any atom is -0.497 e. The summed E-state index contributed by atoms with van der Waals surface area (Å²) in [7, 11) is 3.23. The molecule has 1 saturated heterocycles. The van der Waals surface area contributed by atoms with E-state index in [9.17, 15) is 9.18 Å². The van der Waals surface area contributed by atoms with Crippen molar-refractivity contribution < 1.29 is 23.4 Å². The number of amides is 1. The average Bonchev–Trinajstić information content (AvgIpc) is 3.08. The standard InChI is InChI=1S/C21H24FNO4/c1-4-17(11-15-7-10-18(25-2)12-19(15)26-3)23-13-20(27-21(23)24)14-5-8-16(22)9-6-14/h5-10,12,17,20H,4,11,13H2,1-3H3/t17-,20+/m1/s1. The van der Waals surface area contributed by atoms with Crippen LogP contribution in [0.5, 0.6) is 11.5 Å². The maximum atomic E-state index is 13.1. The molecule has 0 N–H and O–H groups in total. The van der Waals surface area contributed by atoms with Gasteiger partial charge >= 0.3 is 6.09 Å². The minimum absolute atomic E-state index is 0.0229. The molecular formula is C21H24FNO4. The smallest absolute Gasteiger partial charge is 0.410 e. The van der Waals surface area contributed by atoms with Crippen molar-refractivity contribution in [3.8, 4) is 11.5 Å². The molecule has 0 saturated carbocycles. The predicted molar refractivity (Wildman–Crippen MR) is 99.7 cm³/mol. The van der Waals surface area contributed by atoms with E-state index in [2.05, 4.69) is 0 Å². The molecule has 0 spiro atoms. The highest BCUT2D eigenvalue weighted by Gasteiger charge is 2.36. The van der Waals surface area contributed by atoms with Crippen molar-refractivity contribution in [3.05, 3.63) is 59.4 Å². The van der Waals surface area contributed by atoms with Gasteiger partial charge in [0, 0.05) is 12.1 Å². The van der Waals surface area contributed by atoms with Crippen molar-refractivity contribution in [3.63, 3.8) is 0 Å². The summed E-state index contributed by atoms with van der Waals surface area (Å²) in [5.74, 6) is 1.15. The lowest BCUT2D eigenvalue weighted by Crippen LogP contribution is -2.37. The largest absolute Gasteiger partial charge is 0.497 e. The van der Waals surface area contributed by atoms with E-state index in [0.29, 0.717) is 13.0 Å². The van der Waals surface area contributed by atoms with Gasteiger partial charge in [-0.2, -0.15) is 0 Å². The Kier molecular flexibility index (Phi) is 5.84. The number of carbonyl (C=O) groups excluding carboxylic acids is 1. The van der Waals surface area contributed by atoms with Crippen LogP contribution < -0.4 is 9.47 Å². The Labute approximate surface area is 158 Å². The summed E-state index contributed by atoms with van der Waals surface area (Å²) < 4.78 is 29.4. The van der Waals surface area contributed by atoms with E-state index in [0.717, 1.165) is 29.0 Å². The normalized spacial score (nSPS) is 17.6. The fourth-order valence-electron chi connectivity index (χ4n) is 3.38. The quantitative estimate of drug-likeness (QED) is 0.724. The van der Waals surface area contributed by atoms with Crippen molar-refractivity contribution in [2.45, 2.75) is 31.9 Å². The van der Waals surface area contributed by atoms with E-state index in [1.165, 1.54) is 12.1 Å². The third-order valence-corrected chi connectivity index (χ3v) is 4.94. The van der Waals surface area contributed by atoms with Gasteiger partial charge in [-0.05, 0) is 42.2 Å². The molecule has 0 bridgehead atoms.